The molecule has 6 heteroatoms. The average molecular weight is 259 g/mol. The quantitative estimate of drug-likeness (QED) is 0.446. The van der Waals surface area contributed by atoms with Crippen molar-refractivity contribution in [2.45, 2.75) is 6.92 Å². The fraction of sp³-hybridized carbons (Fsp3) is 0.0769. The van der Waals surface area contributed by atoms with Crippen LogP contribution in [0.1, 0.15) is 5.56 Å². The number of anilines is 2. The van der Waals surface area contributed by atoms with Gasteiger partial charge in [-0.3, -0.25) is 21.0 Å². The maximum absolute atomic E-state index is 10.8. The van der Waals surface area contributed by atoms with Crippen molar-refractivity contribution in [3.05, 3.63) is 58.1 Å². The highest BCUT2D eigenvalue weighted by Crippen LogP contribution is 2.26. The van der Waals surface area contributed by atoms with Crippen LogP contribution in [0.15, 0.2) is 42.5 Å². The van der Waals surface area contributed by atoms with E-state index in [9.17, 15) is 15.2 Å². The van der Waals surface area contributed by atoms with E-state index in [-0.39, 0.29) is 11.4 Å². The SMILES string of the molecule is Cc1ccc(O)c(NNc2ccccc2[N+](=O)[O-])c1. The molecule has 3 N–H and O–H groups in total. The van der Waals surface area contributed by atoms with Crippen molar-refractivity contribution in [2.24, 2.45) is 0 Å². The minimum absolute atomic E-state index is 0.0397. The fourth-order valence-corrected chi connectivity index (χ4v) is 1.62. The van der Waals surface area contributed by atoms with Gasteiger partial charge in [0, 0.05) is 6.07 Å². The Bertz CT molecular complexity index is 614. The zero-order chi connectivity index (χ0) is 13.8. The van der Waals surface area contributed by atoms with E-state index in [4.69, 9.17) is 0 Å². The number of phenols is 1. The lowest BCUT2D eigenvalue weighted by Gasteiger charge is -2.11. The molecule has 2 rings (SSSR count). The molecule has 0 aliphatic heterocycles. The van der Waals surface area contributed by atoms with Crippen LogP contribution in [0.5, 0.6) is 5.75 Å². The topological polar surface area (TPSA) is 87.4 Å². The van der Waals surface area contributed by atoms with Crippen molar-refractivity contribution in [3.63, 3.8) is 0 Å². The Labute approximate surface area is 109 Å². The summed E-state index contributed by atoms with van der Waals surface area (Å²) in [6.45, 7) is 1.88. The predicted molar refractivity (Wildman–Crippen MR) is 73.2 cm³/mol. The number of rotatable bonds is 4. The Kier molecular flexibility index (Phi) is 3.51. The molecule has 2 aromatic carbocycles. The number of hydrogen-bond donors (Lipinski definition) is 3. The van der Waals surface area contributed by atoms with Crippen molar-refractivity contribution >= 4 is 17.1 Å². The molecule has 0 fully saturated rings. The van der Waals surface area contributed by atoms with E-state index in [1.54, 1.807) is 36.4 Å². The first kappa shape index (κ1) is 12.7. The fourth-order valence-electron chi connectivity index (χ4n) is 1.62. The summed E-state index contributed by atoms with van der Waals surface area (Å²) >= 11 is 0. The van der Waals surface area contributed by atoms with Crippen LogP contribution in [-0.4, -0.2) is 10.0 Å². The summed E-state index contributed by atoms with van der Waals surface area (Å²) in [7, 11) is 0. The van der Waals surface area contributed by atoms with Crippen molar-refractivity contribution in [2.75, 3.05) is 10.9 Å². The van der Waals surface area contributed by atoms with Crippen LogP contribution >= 0.6 is 0 Å². The van der Waals surface area contributed by atoms with E-state index < -0.39 is 4.92 Å². The minimum Gasteiger partial charge on any atom is -0.506 e. The molecule has 0 saturated carbocycles. The summed E-state index contributed by atoms with van der Waals surface area (Å²) in [5.74, 6) is 0.0664. The van der Waals surface area contributed by atoms with Gasteiger partial charge in [0.25, 0.3) is 5.69 Å². The number of aryl methyl sites for hydroxylation is 1. The molecule has 98 valence electrons. The third kappa shape index (κ3) is 2.92. The molecule has 0 aliphatic carbocycles. The minimum atomic E-state index is -0.472. The van der Waals surface area contributed by atoms with Crippen molar-refractivity contribution in [1.82, 2.24) is 0 Å². The molecule has 0 aliphatic rings. The number of para-hydroxylation sites is 2. The molecule has 2 aromatic rings. The number of nitrogens with one attached hydrogen (secondary N) is 2. The number of hydrazine groups is 1. The van der Waals surface area contributed by atoms with Gasteiger partial charge < -0.3 is 5.11 Å². The molecule has 0 aromatic heterocycles. The third-order valence-corrected chi connectivity index (χ3v) is 2.58. The third-order valence-electron chi connectivity index (χ3n) is 2.58. The van der Waals surface area contributed by atoms with E-state index in [0.29, 0.717) is 11.4 Å². The number of nitrogens with zero attached hydrogens (tertiary/aromatic N) is 1. The Morgan fingerprint density at radius 2 is 1.79 bits per heavy atom. The molecule has 0 bridgehead atoms. The first-order valence-corrected chi connectivity index (χ1v) is 5.63. The van der Waals surface area contributed by atoms with E-state index >= 15 is 0 Å². The van der Waals surface area contributed by atoms with E-state index in [2.05, 4.69) is 10.9 Å². The summed E-state index contributed by atoms with van der Waals surface area (Å²) in [4.78, 5) is 10.4. The van der Waals surface area contributed by atoms with Crippen molar-refractivity contribution in [3.8, 4) is 5.75 Å². The Morgan fingerprint density at radius 1 is 1.11 bits per heavy atom. The first-order chi connectivity index (χ1) is 9.08. The smallest absolute Gasteiger partial charge is 0.294 e. The molecule has 0 amide bonds. The van der Waals surface area contributed by atoms with Gasteiger partial charge in [-0.15, -0.1) is 0 Å². The van der Waals surface area contributed by atoms with Gasteiger partial charge in [-0.25, -0.2) is 0 Å². The van der Waals surface area contributed by atoms with Gasteiger partial charge in [0.1, 0.15) is 11.4 Å². The molecular weight excluding hydrogens is 246 g/mol. The molecule has 0 saturated heterocycles. The lowest BCUT2D eigenvalue weighted by Crippen LogP contribution is -2.10. The second-order valence-corrected chi connectivity index (χ2v) is 4.04. The molecule has 0 heterocycles. The van der Waals surface area contributed by atoms with E-state index in [0.717, 1.165) is 5.56 Å². The van der Waals surface area contributed by atoms with Gasteiger partial charge >= 0.3 is 0 Å². The zero-order valence-corrected chi connectivity index (χ0v) is 10.3. The number of nitro benzene ring substituents is 1. The second-order valence-electron chi connectivity index (χ2n) is 4.04. The highest BCUT2D eigenvalue weighted by atomic mass is 16.6. The Morgan fingerprint density at radius 3 is 2.53 bits per heavy atom. The van der Waals surface area contributed by atoms with Gasteiger partial charge in [-0.2, -0.15) is 0 Å². The lowest BCUT2D eigenvalue weighted by atomic mass is 10.2. The highest BCUT2D eigenvalue weighted by molar-refractivity contribution is 5.66. The Balaban J connectivity index is 2.19. The molecule has 19 heavy (non-hydrogen) atoms. The monoisotopic (exact) mass is 259 g/mol. The average Bonchev–Trinajstić information content (AvgIpc) is 2.40. The van der Waals surface area contributed by atoms with Gasteiger partial charge in [0.15, 0.2) is 0 Å². The van der Waals surface area contributed by atoms with E-state index in [1.165, 1.54) is 6.07 Å². The molecule has 6 nitrogen and oxygen atoms in total. The summed E-state index contributed by atoms with van der Waals surface area (Å²) in [6, 6.07) is 11.3. The van der Waals surface area contributed by atoms with Crippen molar-refractivity contribution < 1.29 is 10.0 Å². The molecule has 0 radical (unpaired) electrons. The highest BCUT2D eigenvalue weighted by Gasteiger charge is 2.12. The molecule has 0 spiro atoms. The number of aromatic hydroxyl groups is 1. The largest absolute Gasteiger partial charge is 0.506 e. The van der Waals surface area contributed by atoms with Crippen LogP contribution < -0.4 is 10.9 Å². The van der Waals surface area contributed by atoms with Crippen LogP contribution in [0.2, 0.25) is 0 Å². The predicted octanol–water partition coefficient (Wildman–Crippen LogP) is 3.05. The zero-order valence-electron chi connectivity index (χ0n) is 10.3. The van der Waals surface area contributed by atoms with Crippen LogP contribution in [-0.2, 0) is 0 Å². The standard InChI is InChI=1S/C13H13N3O3/c1-9-6-7-13(17)11(8-9)15-14-10-4-2-3-5-12(10)16(18)19/h2-8,14-15,17H,1H3. The van der Waals surface area contributed by atoms with Gasteiger partial charge in [0.2, 0.25) is 0 Å². The summed E-state index contributed by atoms with van der Waals surface area (Å²) in [5.41, 5.74) is 7.19. The molecule has 0 unspecified atom stereocenters. The maximum Gasteiger partial charge on any atom is 0.294 e. The normalized spacial score (nSPS) is 9.95. The maximum atomic E-state index is 10.8. The Hall–Kier alpha value is -2.76. The van der Waals surface area contributed by atoms with Crippen molar-refractivity contribution in [1.29, 1.82) is 0 Å². The number of nitro groups is 1. The molecular formula is C13H13N3O3. The summed E-state index contributed by atoms with van der Waals surface area (Å²) in [6.07, 6.45) is 0. The van der Waals surface area contributed by atoms with Crippen LogP contribution in [0.3, 0.4) is 0 Å². The summed E-state index contributed by atoms with van der Waals surface area (Å²) < 4.78 is 0. The number of phenolic OH excluding ortho intramolecular Hbond substituents is 1. The van der Waals surface area contributed by atoms with Crippen LogP contribution in [0.25, 0.3) is 0 Å². The number of hydrogen-bond acceptors (Lipinski definition) is 5. The second kappa shape index (κ2) is 5.26. The van der Waals surface area contributed by atoms with Gasteiger partial charge in [0.05, 0.1) is 10.6 Å². The van der Waals surface area contributed by atoms with Gasteiger partial charge in [-0.1, -0.05) is 18.2 Å². The van der Waals surface area contributed by atoms with Crippen LogP contribution in [0, 0.1) is 17.0 Å². The first-order valence-electron chi connectivity index (χ1n) is 5.63. The van der Waals surface area contributed by atoms with E-state index in [1.807, 2.05) is 6.92 Å². The van der Waals surface area contributed by atoms with Crippen LogP contribution in [0.4, 0.5) is 17.1 Å². The molecule has 0 atom stereocenters. The van der Waals surface area contributed by atoms with Gasteiger partial charge in [-0.05, 0) is 30.7 Å². The lowest BCUT2D eigenvalue weighted by molar-refractivity contribution is -0.383. The summed E-state index contributed by atoms with van der Waals surface area (Å²) in [5, 5.41) is 20.5. The number of benzene rings is 2.